The average Bonchev–Trinajstić information content (AvgIpc) is 2.69. The zero-order valence-electron chi connectivity index (χ0n) is 10.1. The molecule has 0 aliphatic carbocycles. The summed E-state index contributed by atoms with van der Waals surface area (Å²) < 4.78 is 11.7. The van der Waals surface area contributed by atoms with Crippen molar-refractivity contribution in [3.63, 3.8) is 0 Å². The zero-order chi connectivity index (χ0) is 11.3. The van der Waals surface area contributed by atoms with Crippen molar-refractivity contribution in [3.05, 3.63) is 0 Å². The van der Waals surface area contributed by atoms with Crippen LogP contribution in [0.5, 0.6) is 0 Å². The fourth-order valence-corrected chi connectivity index (χ4v) is 2.54. The Morgan fingerprint density at radius 2 is 2.25 bits per heavy atom. The van der Waals surface area contributed by atoms with Crippen molar-refractivity contribution >= 4 is 0 Å². The van der Waals surface area contributed by atoms with Crippen molar-refractivity contribution < 1.29 is 9.47 Å². The average molecular weight is 223 g/mol. The van der Waals surface area contributed by atoms with Gasteiger partial charge in [0, 0.05) is 12.8 Å². The van der Waals surface area contributed by atoms with Crippen LogP contribution in [0.3, 0.4) is 0 Å². The highest BCUT2D eigenvalue weighted by atomic mass is 16.6. The van der Waals surface area contributed by atoms with Gasteiger partial charge in [-0.1, -0.05) is 0 Å². The molecular weight excluding hydrogens is 202 g/mol. The van der Waals surface area contributed by atoms with Crippen molar-refractivity contribution in [2.24, 2.45) is 0 Å². The second-order valence-corrected chi connectivity index (χ2v) is 4.62. The van der Waals surface area contributed by atoms with Gasteiger partial charge in [-0.05, 0) is 32.9 Å². The molecule has 0 saturated carbocycles. The lowest BCUT2D eigenvalue weighted by atomic mass is 9.89. The third-order valence-electron chi connectivity index (χ3n) is 3.45. The molecule has 3 heteroatoms. The Hall–Kier alpha value is -0.560. The lowest BCUT2D eigenvalue weighted by molar-refractivity contribution is -0.0231. The number of hydrogen-bond donors (Lipinski definition) is 1. The van der Waals surface area contributed by atoms with Crippen LogP contribution in [0.25, 0.3) is 0 Å². The van der Waals surface area contributed by atoms with Crippen LogP contribution in [0.1, 0.15) is 32.6 Å². The van der Waals surface area contributed by atoms with Crippen molar-refractivity contribution in [1.29, 1.82) is 0 Å². The molecule has 90 valence electrons. The summed E-state index contributed by atoms with van der Waals surface area (Å²) in [6.07, 6.45) is 4.44. The van der Waals surface area contributed by atoms with Crippen LogP contribution in [-0.4, -0.2) is 38.0 Å². The van der Waals surface area contributed by atoms with Gasteiger partial charge in [-0.3, -0.25) is 0 Å². The predicted molar refractivity (Wildman–Crippen MR) is 63.2 cm³/mol. The molecule has 2 heterocycles. The summed E-state index contributed by atoms with van der Waals surface area (Å²) in [6.45, 7) is 5.52. The van der Waals surface area contributed by atoms with Crippen molar-refractivity contribution in [1.82, 2.24) is 5.32 Å². The number of ether oxygens (including phenoxy) is 2. The van der Waals surface area contributed by atoms with E-state index >= 15 is 0 Å². The van der Waals surface area contributed by atoms with E-state index < -0.39 is 0 Å². The first kappa shape index (κ1) is 11.9. The third kappa shape index (κ3) is 2.98. The lowest BCUT2D eigenvalue weighted by Crippen LogP contribution is -2.41. The zero-order valence-corrected chi connectivity index (χ0v) is 10.1. The second-order valence-electron chi connectivity index (χ2n) is 4.62. The first-order valence-electron chi connectivity index (χ1n) is 6.20. The van der Waals surface area contributed by atoms with Crippen molar-refractivity contribution in [3.8, 4) is 11.8 Å². The van der Waals surface area contributed by atoms with Gasteiger partial charge in [0.2, 0.25) is 0 Å². The Morgan fingerprint density at radius 1 is 1.44 bits per heavy atom. The van der Waals surface area contributed by atoms with Crippen LogP contribution in [0.15, 0.2) is 0 Å². The van der Waals surface area contributed by atoms with Gasteiger partial charge in [-0.15, -0.1) is 11.8 Å². The highest BCUT2D eigenvalue weighted by Crippen LogP contribution is 2.35. The van der Waals surface area contributed by atoms with Crippen LogP contribution < -0.4 is 5.32 Å². The number of nitrogens with one attached hydrogen (secondary N) is 1. The fourth-order valence-electron chi connectivity index (χ4n) is 2.54. The summed E-state index contributed by atoms with van der Waals surface area (Å²) in [5.41, 5.74) is 0.117. The summed E-state index contributed by atoms with van der Waals surface area (Å²) in [7, 11) is 0. The van der Waals surface area contributed by atoms with Crippen molar-refractivity contribution in [2.75, 3.05) is 26.3 Å². The second kappa shape index (κ2) is 5.67. The van der Waals surface area contributed by atoms with Gasteiger partial charge in [-0.25, -0.2) is 0 Å². The molecule has 0 amide bonds. The predicted octanol–water partition coefficient (Wildman–Crippen LogP) is 1.33. The molecule has 3 nitrogen and oxygen atoms in total. The Labute approximate surface area is 97.9 Å². The number of piperidine rings is 1. The van der Waals surface area contributed by atoms with E-state index in [2.05, 4.69) is 17.2 Å². The van der Waals surface area contributed by atoms with Gasteiger partial charge in [0.25, 0.3) is 0 Å². The highest BCUT2D eigenvalue weighted by molar-refractivity contribution is 4.95. The number of rotatable bonds is 3. The van der Waals surface area contributed by atoms with Gasteiger partial charge in [0.15, 0.2) is 0 Å². The van der Waals surface area contributed by atoms with Crippen LogP contribution >= 0.6 is 0 Å². The Bertz CT molecular complexity index is 273. The molecule has 1 spiro atoms. The van der Waals surface area contributed by atoms with E-state index in [0.717, 1.165) is 52.0 Å². The SMILES string of the molecule is CC#CCCOC1COC2(CCNCC2)C1. The topological polar surface area (TPSA) is 30.5 Å². The first-order chi connectivity index (χ1) is 7.85. The van der Waals surface area contributed by atoms with Gasteiger partial charge in [0.1, 0.15) is 0 Å². The third-order valence-corrected chi connectivity index (χ3v) is 3.45. The summed E-state index contributed by atoms with van der Waals surface area (Å²) in [5, 5.41) is 3.37. The molecule has 2 aliphatic rings. The molecule has 0 bridgehead atoms. The van der Waals surface area contributed by atoms with E-state index in [1.807, 2.05) is 6.92 Å². The summed E-state index contributed by atoms with van der Waals surface area (Å²) in [6, 6.07) is 0. The minimum absolute atomic E-state index is 0.117. The normalized spacial score (nSPS) is 27.7. The Kier molecular flexibility index (Phi) is 4.22. The molecule has 16 heavy (non-hydrogen) atoms. The van der Waals surface area contributed by atoms with Gasteiger partial charge >= 0.3 is 0 Å². The molecule has 1 unspecified atom stereocenters. The maximum Gasteiger partial charge on any atom is 0.0836 e. The van der Waals surface area contributed by atoms with Crippen LogP contribution in [0.2, 0.25) is 0 Å². The molecular formula is C13H21NO2. The fraction of sp³-hybridized carbons (Fsp3) is 0.846. The standard InChI is InChI=1S/C13H21NO2/c1-2-3-4-9-15-12-10-13(16-11-12)5-7-14-8-6-13/h12,14H,4-11H2,1H3. The maximum atomic E-state index is 5.95. The Balaban J connectivity index is 1.71. The largest absolute Gasteiger partial charge is 0.375 e. The molecule has 0 aromatic carbocycles. The summed E-state index contributed by atoms with van der Waals surface area (Å²) in [4.78, 5) is 0. The minimum atomic E-state index is 0.117. The molecule has 0 aromatic heterocycles. The summed E-state index contributed by atoms with van der Waals surface area (Å²) in [5.74, 6) is 5.90. The molecule has 2 rings (SSSR count). The minimum Gasteiger partial charge on any atom is -0.375 e. The van der Waals surface area contributed by atoms with Crippen LogP contribution in [-0.2, 0) is 9.47 Å². The molecule has 2 saturated heterocycles. The van der Waals surface area contributed by atoms with E-state index in [-0.39, 0.29) is 11.7 Å². The number of hydrogen-bond acceptors (Lipinski definition) is 3. The van der Waals surface area contributed by atoms with E-state index in [1.54, 1.807) is 0 Å². The smallest absolute Gasteiger partial charge is 0.0836 e. The van der Waals surface area contributed by atoms with Crippen LogP contribution in [0.4, 0.5) is 0 Å². The monoisotopic (exact) mass is 223 g/mol. The molecule has 1 atom stereocenters. The van der Waals surface area contributed by atoms with E-state index in [1.165, 1.54) is 0 Å². The van der Waals surface area contributed by atoms with Gasteiger partial charge in [-0.2, -0.15) is 0 Å². The quantitative estimate of drug-likeness (QED) is 0.578. The lowest BCUT2D eigenvalue weighted by Gasteiger charge is -2.32. The van der Waals surface area contributed by atoms with E-state index in [9.17, 15) is 0 Å². The van der Waals surface area contributed by atoms with Crippen LogP contribution in [0, 0.1) is 11.8 Å². The van der Waals surface area contributed by atoms with Crippen molar-refractivity contribution in [2.45, 2.75) is 44.3 Å². The van der Waals surface area contributed by atoms with Gasteiger partial charge in [0.05, 0.1) is 24.9 Å². The molecule has 0 radical (unpaired) electrons. The Morgan fingerprint density at radius 3 is 3.00 bits per heavy atom. The van der Waals surface area contributed by atoms with Gasteiger partial charge < -0.3 is 14.8 Å². The molecule has 2 fully saturated rings. The highest BCUT2D eigenvalue weighted by Gasteiger charge is 2.41. The van der Waals surface area contributed by atoms with E-state index in [0.29, 0.717) is 0 Å². The molecule has 2 aliphatic heterocycles. The molecule has 1 N–H and O–H groups in total. The molecule has 0 aromatic rings. The summed E-state index contributed by atoms with van der Waals surface area (Å²) >= 11 is 0. The van der Waals surface area contributed by atoms with E-state index in [4.69, 9.17) is 9.47 Å². The maximum absolute atomic E-state index is 5.95. The first-order valence-corrected chi connectivity index (χ1v) is 6.20.